The van der Waals surface area contributed by atoms with Crippen LogP contribution in [0.1, 0.15) is 136 Å². The van der Waals surface area contributed by atoms with Gasteiger partial charge in [-0.05, 0) is 71.3 Å². The number of aliphatic hydroxyl groups excluding tert-OH is 1. The van der Waals surface area contributed by atoms with E-state index in [2.05, 4.69) is 158 Å². The number of ketones is 1. The molecule has 1 fully saturated rings. The second-order valence-electron chi connectivity index (χ2n) is 20.7. The largest absolute Gasteiger partial charge is 0.512 e. The number of thiophene rings is 1. The first-order chi connectivity index (χ1) is 28.0. The third kappa shape index (κ3) is 10.9. The van der Waals surface area contributed by atoms with Crippen LogP contribution in [0, 0.1) is 52.4 Å². The van der Waals surface area contributed by atoms with Crippen LogP contribution < -0.4 is 5.19 Å². The van der Waals surface area contributed by atoms with Gasteiger partial charge < -0.3 is 5.11 Å². The number of nitrogens with zero attached hydrogens (tertiary/aromatic N) is 2. The molecular formula is C53H75IrN2O2SSi-. The SMILES string of the molecule is CC(C)C(C(=O)/C=C(\O)C(C(C)C)C(C)C)C(C)C.[2H]C1(c2ccc3c(c2)sc2c(-c4[c-]c5ccccc5c([Si](CC)(CC)CC)c4)ncnc23)CC(C)(C)CC(C)(C)C1.[Ir]. The molecule has 1 radical (unpaired) electrons. The first-order valence-electron chi connectivity index (χ1n) is 23.1. The molecule has 2 aromatic heterocycles. The van der Waals surface area contributed by atoms with Crippen molar-refractivity contribution in [2.45, 2.75) is 147 Å². The standard InChI is InChI=1S/C36H43N2SSi.C17H32O2.Ir/c1-8-40(9-2,10-3)31-19-26(17-25-13-11-12-14-28(25)31)32-34-33(38-23-37-32)29-16-15-24(18-30(29)39-34)27-20-35(4,5)22-36(6,7)21-27;1-10(2)16(11(3)4)14(18)9-15(19)17(12(5)6)13(7)8;/h11-16,18-19,23,27H,8-10,20-22H2,1-7H3;9-13,16-18H,1-8H3;/q-1;;/b;14-9-;/i27D;;. The molecule has 5 aromatic rings. The number of benzene rings is 3. The minimum absolute atomic E-state index is 0. The third-order valence-electron chi connectivity index (χ3n) is 13.5. The molecule has 0 unspecified atom stereocenters. The summed E-state index contributed by atoms with van der Waals surface area (Å²) in [6.45, 7) is 33.1. The number of aromatic nitrogens is 2. The van der Waals surface area contributed by atoms with Gasteiger partial charge in [-0.3, -0.25) is 9.78 Å². The van der Waals surface area contributed by atoms with Crippen LogP contribution in [0.2, 0.25) is 18.1 Å². The average molecular weight is 1030 g/mol. The Balaban J connectivity index is 0.000000349. The first kappa shape index (κ1) is 48.3. The van der Waals surface area contributed by atoms with Gasteiger partial charge in [-0.1, -0.05) is 163 Å². The molecule has 0 spiro atoms. The zero-order valence-electron chi connectivity index (χ0n) is 40.5. The third-order valence-corrected chi connectivity index (χ3v) is 20.2. The predicted octanol–water partition coefficient (Wildman–Crippen LogP) is 15.4. The molecule has 2 heterocycles. The molecular weight excluding hydrogens is 949 g/mol. The van der Waals surface area contributed by atoms with Gasteiger partial charge in [0, 0.05) is 59.9 Å². The maximum Gasteiger partial charge on any atom is 0.162 e. The molecule has 0 saturated heterocycles. The van der Waals surface area contributed by atoms with Crippen LogP contribution in [0.25, 0.3) is 42.3 Å². The Labute approximate surface area is 383 Å². The van der Waals surface area contributed by atoms with Crippen LogP contribution in [0.15, 0.2) is 66.7 Å². The van der Waals surface area contributed by atoms with Gasteiger partial charge in [0.1, 0.15) is 6.33 Å². The first-order valence-corrected chi connectivity index (χ1v) is 26.0. The fourth-order valence-corrected chi connectivity index (χ4v) is 16.2. The molecule has 1 aliphatic carbocycles. The summed E-state index contributed by atoms with van der Waals surface area (Å²) in [5.41, 5.74) is 4.51. The smallest absolute Gasteiger partial charge is 0.162 e. The molecule has 0 atom stereocenters. The van der Waals surface area contributed by atoms with Crippen molar-refractivity contribution in [1.82, 2.24) is 9.97 Å². The van der Waals surface area contributed by atoms with Gasteiger partial charge in [-0.25, -0.2) is 4.98 Å². The van der Waals surface area contributed by atoms with E-state index in [1.807, 2.05) is 0 Å². The summed E-state index contributed by atoms with van der Waals surface area (Å²) in [6, 6.07) is 25.4. The summed E-state index contributed by atoms with van der Waals surface area (Å²) in [5, 5.41) is 15.5. The van der Waals surface area contributed by atoms with Crippen molar-refractivity contribution in [3.8, 4) is 11.3 Å². The maximum absolute atomic E-state index is 12.3. The second-order valence-corrected chi connectivity index (χ2v) is 26.9. The monoisotopic (exact) mass is 1030 g/mol. The molecule has 0 bridgehead atoms. The van der Waals surface area contributed by atoms with Crippen LogP contribution >= 0.6 is 11.3 Å². The molecule has 0 aliphatic heterocycles. The van der Waals surface area contributed by atoms with Gasteiger partial charge in [0.15, 0.2) is 5.78 Å². The molecule has 1 aliphatic rings. The minimum atomic E-state index is -1.66. The van der Waals surface area contributed by atoms with Gasteiger partial charge in [-0.15, -0.1) is 40.1 Å². The van der Waals surface area contributed by atoms with Crippen molar-refractivity contribution in [3.05, 3.63) is 78.3 Å². The number of hydrogen-bond acceptors (Lipinski definition) is 5. The van der Waals surface area contributed by atoms with E-state index in [1.54, 1.807) is 22.9 Å². The number of carbonyl (C=O) groups excluding carboxylic acids is 1. The predicted molar refractivity (Wildman–Crippen MR) is 260 cm³/mol. The zero-order chi connectivity index (χ0) is 44.5. The van der Waals surface area contributed by atoms with E-state index in [9.17, 15) is 11.3 Å². The van der Waals surface area contributed by atoms with E-state index < -0.39 is 14.0 Å². The maximum atomic E-state index is 12.3. The van der Waals surface area contributed by atoms with Crippen molar-refractivity contribution in [3.63, 3.8) is 0 Å². The van der Waals surface area contributed by atoms with Crippen LogP contribution in [-0.2, 0) is 24.9 Å². The van der Waals surface area contributed by atoms with Gasteiger partial charge in [0.25, 0.3) is 0 Å². The van der Waals surface area contributed by atoms with Gasteiger partial charge in [-0.2, -0.15) is 0 Å². The van der Waals surface area contributed by atoms with E-state index in [4.69, 9.17) is 9.97 Å². The number of carbonyl (C=O) groups is 1. The molecule has 1 saturated carbocycles. The Hall–Kier alpha value is -2.70. The van der Waals surface area contributed by atoms with Crippen molar-refractivity contribution >= 4 is 61.5 Å². The topological polar surface area (TPSA) is 63.1 Å². The van der Waals surface area contributed by atoms with Crippen LogP contribution in [0.3, 0.4) is 0 Å². The van der Waals surface area contributed by atoms with Crippen LogP contribution in [0.4, 0.5) is 0 Å². The number of aliphatic hydroxyl groups is 1. The number of rotatable bonds is 13. The zero-order valence-corrected chi connectivity index (χ0v) is 43.7. The summed E-state index contributed by atoms with van der Waals surface area (Å²) in [5.74, 6) is 1.04. The quantitative estimate of drug-likeness (QED) is 0.0552. The van der Waals surface area contributed by atoms with Crippen molar-refractivity contribution in [2.24, 2.45) is 46.3 Å². The Morgan fingerprint density at radius 1 is 0.850 bits per heavy atom. The Morgan fingerprint density at radius 2 is 1.42 bits per heavy atom. The Kier molecular flexibility index (Phi) is 16.3. The Bertz CT molecular complexity index is 2280. The fourth-order valence-electron chi connectivity index (χ4n) is 11.2. The minimum Gasteiger partial charge on any atom is -0.512 e. The van der Waals surface area contributed by atoms with Gasteiger partial charge in [0.05, 0.1) is 19.3 Å². The summed E-state index contributed by atoms with van der Waals surface area (Å²) in [4.78, 5) is 22.0. The summed E-state index contributed by atoms with van der Waals surface area (Å²) >= 11 is 1.78. The second kappa shape index (κ2) is 20.2. The molecule has 7 heteroatoms. The normalized spacial score (nSPS) is 16.9. The van der Waals surface area contributed by atoms with Crippen LogP contribution in [-0.4, -0.2) is 28.9 Å². The number of allylic oxidation sites excluding steroid dienone is 2. The van der Waals surface area contributed by atoms with Gasteiger partial charge in [0.2, 0.25) is 0 Å². The molecule has 4 nitrogen and oxygen atoms in total. The molecule has 60 heavy (non-hydrogen) atoms. The fraction of sp³-hybridized carbons (Fsp3) is 0.566. The van der Waals surface area contributed by atoms with Gasteiger partial charge >= 0.3 is 0 Å². The van der Waals surface area contributed by atoms with Crippen molar-refractivity contribution in [2.75, 3.05) is 0 Å². The molecule has 6 rings (SSSR count). The van der Waals surface area contributed by atoms with E-state index >= 15 is 0 Å². The van der Waals surface area contributed by atoms with E-state index in [0.717, 1.165) is 51.7 Å². The summed E-state index contributed by atoms with van der Waals surface area (Å²) in [7, 11) is -1.66. The number of fused-ring (bicyclic) bond motifs is 4. The molecule has 329 valence electrons. The van der Waals surface area contributed by atoms with Crippen molar-refractivity contribution in [1.29, 1.82) is 0 Å². The van der Waals surface area contributed by atoms with E-state index in [0.29, 0.717) is 23.7 Å². The molecule has 0 amide bonds. The van der Waals surface area contributed by atoms with E-state index in [1.165, 1.54) is 39.7 Å². The van der Waals surface area contributed by atoms with Crippen LogP contribution in [0.5, 0.6) is 0 Å². The summed E-state index contributed by atoms with van der Waals surface area (Å²) < 4.78 is 12.0. The van der Waals surface area contributed by atoms with E-state index in [-0.39, 0.29) is 54.3 Å². The number of hydrogen-bond donors (Lipinski definition) is 1. The molecule has 3 aromatic carbocycles. The molecule has 1 N–H and O–H groups in total. The average Bonchev–Trinajstić information content (AvgIpc) is 3.52. The Morgan fingerprint density at radius 3 is 1.97 bits per heavy atom. The summed E-state index contributed by atoms with van der Waals surface area (Å²) in [6.07, 6.45) is 6.14. The van der Waals surface area contributed by atoms with Crippen molar-refractivity contribution < 1.29 is 31.4 Å².